The molecular weight excluding hydrogens is 310 g/mol. The summed E-state index contributed by atoms with van der Waals surface area (Å²) in [5.74, 6) is 0. The molecule has 0 saturated heterocycles. The van der Waals surface area contributed by atoms with E-state index in [0.717, 1.165) is 0 Å². The van der Waals surface area contributed by atoms with Crippen molar-refractivity contribution in [2.75, 3.05) is 0 Å². The first-order valence-electron chi connectivity index (χ1n) is 2.55. The summed E-state index contributed by atoms with van der Waals surface area (Å²) in [6, 6.07) is 5.72. The van der Waals surface area contributed by atoms with Gasteiger partial charge in [-0.2, -0.15) is 8.42 Å². The monoisotopic (exact) mass is 319 g/mol. The number of rotatable bonds is 0. The topological polar surface area (TPSA) is 87.5 Å². The van der Waals surface area contributed by atoms with Crippen molar-refractivity contribution < 1.29 is 37.0 Å². The van der Waals surface area contributed by atoms with Gasteiger partial charge in [-0.05, 0) is 12.1 Å². The van der Waals surface area contributed by atoms with Crippen LogP contribution in [-0.4, -0.2) is 40.5 Å². The van der Waals surface area contributed by atoms with E-state index in [1.165, 1.54) is 0 Å². The van der Waals surface area contributed by atoms with Crippen LogP contribution in [0.15, 0.2) is 30.6 Å². The summed E-state index contributed by atoms with van der Waals surface area (Å²) in [6.45, 7) is 0. The molecule has 1 rings (SSSR count). The van der Waals surface area contributed by atoms with Crippen LogP contribution in [0.5, 0.6) is 0 Å². The van der Waals surface area contributed by atoms with Gasteiger partial charge in [0.1, 0.15) is 0 Å². The van der Waals surface area contributed by atoms with Crippen molar-refractivity contribution in [1.82, 2.24) is 4.98 Å². The fourth-order valence-electron chi connectivity index (χ4n) is 0.313. The normalized spacial score (nSPS) is 8.15. The fourth-order valence-corrected chi connectivity index (χ4v) is 0.313. The van der Waals surface area contributed by atoms with Crippen LogP contribution in [0.3, 0.4) is 0 Å². The molecule has 1 heterocycles. The predicted molar refractivity (Wildman–Crippen MR) is 48.4 cm³/mol. The molecule has 1 aromatic rings. The van der Waals surface area contributed by atoms with Crippen molar-refractivity contribution in [2.24, 2.45) is 0 Å². The third kappa shape index (κ3) is 33.0. The molecule has 0 saturated carbocycles. The third-order valence-electron chi connectivity index (χ3n) is 0.566. The Bertz CT molecular complexity index is 245. The summed E-state index contributed by atoms with van der Waals surface area (Å²) < 4.78 is 31.6. The van der Waals surface area contributed by atoms with Crippen LogP contribution in [0, 0.1) is 0 Å². The molecule has 1 unspecified atom stereocenters. The first-order chi connectivity index (χ1) is 5.00. The van der Waals surface area contributed by atoms with Crippen LogP contribution in [0.2, 0.25) is 0 Å². The Labute approximate surface area is 101 Å². The van der Waals surface area contributed by atoms with Gasteiger partial charge < -0.3 is 0 Å². The van der Waals surface area contributed by atoms with Gasteiger partial charge in [-0.15, -0.1) is 0 Å². The summed E-state index contributed by atoms with van der Waals surface area (Å²) in [5.41, 5.74) is 0. The van der Waals surface area contributed by atoms with Crippen molar-refractivity contribution in [1.29, 1.82) is 0 Å². The van der Waals surface area contributed by atoms with E-state index in [1.807, 2.05) is 18.2 Å². The number of nitrogens with zero attached hydrogens (tertiary/aromatic N) is 1. The van der Waals surface area contributed by atoms with Gasteiger partial charge in [0.05, 0.1) is 0 Å². The molecule has 0 spiro atoms. The molecule has 0 fully saturated rings. The van der Waals surface area contributed by atoms with E-state index in [0.29, 0.717) is 0 Å². The fraction of sp³-hybridized carbons (Fsp3) is 0. The van der Waals surface area contributed by atoms with Crippen LogP contribution in [0.1, 0.15) is 0 Å². The molecule has 0 aliphatic heterocycles. The molecule has 0 amide bonds. The van der Waals surface area contributed by atoms with Crippen molar-refractivity contribution >= 4 is 28.4 Å². The smallest absolute Gasteiger partial charge is 0.0267 e. The van der Waals surface area contributed by atoms with E-state index in [9.17, 15) is 0 Å². The van der Waals surface area contributed by atoms with E-state index < -0.39 is 10.4 Å². The van der Waals surface area contributed by atoms with E-state index in [4.69, 9.17) is 17.5 Å². The number of hydrogen-bond donors (Lipinski definition) is 2. The van der Waals surface area contributed by atoms with E-state index in [2.05, 4.69) is 4.98 Å². The second-order valence-corrected chi connectivity index (χ2v) is 2.37. The van der Waals surface area contributed by atoms with Gasteiger partial charge in [0.2, 0.25) is 0 Å². The largest absolute Gasteiger partial charge is 0.265 e. The van der Waals surface area contributed by atoms with Crippen LogP contribution < -0.4 is 0 Å². The minimum absolute atomic E-state index is 0. The molecule has 8 heteroatoms. The Morgan fingerprint density at radius 2 is 1.31 bits per heavy atom. The predicted octanol–water partition coefficient (Wildman–Crippen LogP) is -0.758. The van der Waals surface area contributed by atoms with Crippen LogP contribution in [-0.2, 0) is 29.9 Å². The Morgan fingerprint density at radius 3 is 1.38 bits per heavy atom. The van der Waals surface area contributed by atoms with Gasteiger partial charge >= 0.3 is 28.4 Å². The molecule has 1 aromatic heterocycles. The quantitative estimate of drug-likeness (QED) is 0.485. The summed E-state index contributed by atoms with van der Waals surface area (Å²) in [5, 5.41) is 0. The van der Waals surface area contributed by atoms with Crippen molar-refractivity contribution in [3.63, 3.8) is 0 Å². The maximum Gasteiger partial charge on any atom is 0.0267 e. The van der Waals surface area contributed by atoms with Gasteiger partial charge in [0.15, 0.2) is 0 Å². The Kier molecular flexibility index (Phi) is 14.9. The Balaban J connectivity index is -0.000000136. The van der Waals surface area contributed by atoms with Crippen LogP contribution in [0.4, 0.5) is 0 Å². The van der Waals surface area contributed by atoms with Crippen molar-refractivity contribution in [3.8, 4) is 0 Å². The second kappa shape index (κ2) is 10.3. The van der Waals surface area contributed by atoms with Gasteiger partial charge in [0.25, 0.3) is 0 Å². The SMILES string of the molecule is O=S(=O)(O)O.[AsH3].[Zn].c1ccncc1. The first kappa shape index (κ1) is 18.9. The van der Waals surface area contributed by atoms with E-state index in [-0.39, 0.29) is 37.4 Å². The Hall–Kier alpha value is 0.202. The van der Waals surface area contributed by atoms with E-state index >= 15 is 0 Å². The molecule has 0 aromatic carbocycles. The number of aromatic nitrogens is 1. The molecule has 5 nitrogen and oxygen atoms in total. The van der Waals surface area contributed by atoms with Gasteiger partial charge in [0, 0.05) is 31.9 Å². The summed E-state index contributed by atoms with van der Waals surface area (Å²) in [6.07, 6.45) is 3.50. The average molecular weight is 321 g/mol. The molecule has 0 bridgehead atoms. The average Bonchev–Trinajstić information content (AvgIpc) is 1.88. The van der Waals surface area contributed by atoms with Gasteiger partial charge in [-0.3, -0.25) is 14.1 Å². The molecule has 2 N–H and O–H groups in total. The minimum atomic E-state index is -4.67. The number of pyridine rings is 1. The van der Waals surface area contributed by atoms with Crippen LogP contribution in [0.25, 0.3) is 0 Å². The molecule has 0 radical (unpaired) electrons. The maximum absolute atomic E-state index is 8.74. The molecule has 1 atom stereocenters. The second-order valence-electron chi connectivity index (χ2n) is 1.47. The standard InChI is InChI=1S/C5H5N.AsH3.H2O4S.Zn/c1-2-4-6-5-3-1;;1-5(2,3)4;/h1-5H;1H3;(H2,1,2,3,4);. The number of hydrogen-bond acceptors (Lipinski definition) is 3. The molecule has 0 aliphatic rings. The molecule has 72 valence electrons. The van der Waals surface area contributed by atoms with Gasteiger partial charge in [-0.25, -0.2) is 0 Å². The zero-order valence-corrected chi connectivity index (χ0v) is 13.6. The summed E-state index contributed by atoms with van der Waals surface area (Å²) >= 11 is 0. The molecule has 13 heavy (non-hydrogen) atoms. The van der Waals surface area contributed by atoms with E-state index in [1.54, 1.807) is 12.4 Å². The van der Waals surface area contributed by atoms with Crippen molar-refractivity contribution in [2.45, 2.75) is 0 Å². The van der Waals surface area contributed by atoms with Gasteiger partial charge in [-0.1, -0.05) is 6.07 Å². The first-order valence-corrected chi connectivity index (χ1v) is 3.95. The Morgan fingerprint density at radius 1 is 1.00 bits per heavy atom. The summed E-state index contributed by atoms with van der Waals surface area (Å²) in [4.78, 5) is 3.78. The van der Waals surface area contributed by atoms with Crippen LogP contribution >= 0.6 is 0 Å². The zero-order chi connectivity index (χ0) is 8.74. The minimum Gasteiger partial charge on any atom is -0.265 e. The summed E-state index contributed by atoms with van der Waals surface area (Å²) in [7, 11) is -4.67. The zero-order valence-electron chi connectivity index (χ0n) is 6.87. The molecular formula is C5H10AsNO4SZn. The van der Waals surface area contributed by atoms with Crippen molar-refractivity contribution in [3.05, 3.63) is 30.6 Å². The maximum atomic E-state index is 8.74. The molecule has 0 aliphatic carbocycles. The third-order valence-corrected chi connectivity index (χ3v) is 0.566.